The van der Waals surface area contributed by atoms with Gasteiger partial charge in [-0.1, -0.05) is 49.4 Å². The maximum Gasteiger partial charge on any atom is 0.329 e. The number of nitrogens with one attached hydrogen (secondary N) is 2. The molecule has 3 rings (SSSR count). The van der Waals surface area contributed by atoms with Crippen LogP contribution in [0.4, 0.5) is 5.69 Å². The summed E-state index contributed by atoms with van der Waals surface area (Å²) in [7, 11) is 0. The van der Waals surface area contributed by atoms with Crippen molar-refractivity contribution in [3.05, 3.63) is 89.9 Å². The molecule has 0 bridgehead atoms. The Balaban J connectivity index is 1.59. The van der Waals surface area contributed by atoms with Crippen molar-refractivity contribution in [2.45, 2.75) is 25.8 Å². The molecule has 31 heavy (non-hydrogen) atoms. The van der Waals surface area contributed by atoms with Crippen LogP contribution < -0.4 is 10.6 Å². The molecule has 0 aliphatic rings. The van der Waals surface area contributed by atoms with E-state index in [2.05, 4.69) is 10.6 Å². The highest BCUT2D eigenvalue weighted by Gasteiger charge is 2.25. The molecule has 0 unspecified atom stereocenters. The summed E-state index contributed by atoms with van der Waals surface area (Å²) in [5.74, 6) is -1.63. The number of anilines is 1. The number of hydrogen-bond donors (Lipinski definition) is 2. The Bertz CT molecular complexity index is 998. The van der Waals surface area contributed by atoms with Crippen LogP contribution in [0, 0.1) is 0 Å². The lowest BCUT2D eigenvalue weighted by Crippen LogP contribution is -2.44. The molecule has 0 fully saturated rings. The van der Waals surface area contributed by atoms with Gasteiger partial charge in [0.1, 0.15) is 6.04 Å². The quantitative estimate of drug-likeness (QED) is 0.517. The number of aryl methyl sites for hydroxylation is 1. The lowest BCUT2D eigenvalue weighted by atomic mass is 10.1. The minimum Gasteiger partial charge on any atom is -0.459 e. The van der Waals surface area contributed by atoms with E-state index in [4.69, 9.17) is 9.15 Å². The van der Waals surface area contributed by atoms with Crippen LogP contribution in [-0.2, 0) is 27.2 Å². The summed E-state index contributed by atoms with van der Waals surface area (Å²) in [6.07, 6.45) is 2.49. The van der Waals surface area contributed by atoms with E-state index in [1.807, 2.05) is 49.4 Å². The summed E-state index contributed by atoms with van der Waals surface area (Å²) in [5, 5.41) is 5.30. The molecule has 7 heteroatoms. The minimum atomic E-state index is -0.975. The van der Waals surface area contributed by atoms with Crippen molar-refractivity contribution < 1.29 is 23.5 Å². The maximum atomic E-state index is 12.6. The van der Waals surface area contributed by atoms with Crippen LogP contribution >= 0.6 is 0 Å². The van der Waals surface area contributed by atoms with E-state index in [9.17, 15) is 14.4 Å². The van der Waals surface area contributed by atoms with Gasteiger partial charge in [-0.05, 0) is 41.8 Å². The van der Waals surface area contributed by atoms with Crippen molar-refractivity contribution in [3.8, 4) is 0 Å². The third-order valence-corrected chi connectivity index (χ3v) is 4.61. The van der Waals surface area contributed by atoms with E-state index in [1.165, 1.54) is 12.3 Å². The number of hydrogen-bond acceptors (Lipinski definition) is 5. The van der Waals surface area contributed by atoms with Gasteiger partial charge >= 0.3 is 5.97 Å². The SMILES string of the molecule is CCc1ccc(NC(=O)COC(=O)[C@H](Cc2ccccc2)NC(=O)c2ccco2)cc1. The largest absolute Gasteiger partial charge is 0.459 e. The first-order valence-electron chi connectivity index (χ1n) is 9.99. The summed E-state index contributed by atoms with van der Waals surface area (Å²) < 4.78 is 10.3. The molecule has 0 aliphatic heterocycles. The topological polar surface area (TPSA) is 97.6 Å². The molecule has 160 valence electrons. The lowest BCUT2D eigenvalue weighted by molar-refractivity contribution is -0.149. The van der Waals surface area contributed by atoms with Gasteiger partial charge in [0.25, 0.3) is 11.8 Å². The third kappa shape index (κ3) is 6.57. The number of carbonyl (C=O) groups is 3. The Morgan fingerprint density at radius 2 is 1.68 bits per heavy atom. The van der Waals surface area contributed by atoms with E-state index >= 15 is 0 Å². The van der Waals surface area contributed by atoms with Crippen LogP contribution in [0.2, 0.25) is 0 Å². The second kappa shape index (κ2) is 10.8. The molecule has 0 saturated carbocycles. The third-order valence-electron chi connectivity index (χ3n) is 4.61. The fourth-order valence-corrected chi connectivity index (χ4v) is 2.94. The number of rotatable bonds is 9. The fraction of sp³-hybridized carbons (Fsp3) is 0.208. The summed E-state index contributed by atoms with van der Waals surface area (Å²) >= 11 is 0. The Kier molecular flexibility index (Phi) is 7.59. The highest BCUT2D eigenvalue weighted by molar-refractivity contribution is 5.96. The highest BCUT2D eigenvalue weighted by Crippen LogP contribution is 2.10. The number of esters is 1. The average Bonchev–Trinajstić information content (AvgIpc) is 3.33. The van der Waals surface area contributed by atoms with Gasteiger partial charge in [-0.3, -0.25) is 9.59 Å². The molecule has 0 saturated heterocycles. The van der Waals surface area contributed by atoms with Crippen molar-refractivity contribution >= 4 is 23.5 Å². The first-order valence-corrected chi connectivity index (χ1v) is 9.99. The second-order valence-corrected chi connectivity index (χ2v) is 6.90. The minimum absolute atomic E-state index is 0.0825. The number of amides is 2. The first-order chi connectivity index (χ1) is 15.0. The van der Waals surface area contributed by atoms with Crippen molar-refractivity contribution in [1.29, 1.82) is 0 Å². The van der Waals surface area contributed by atoms with Crippen LogP contribution in [0.15, 0.2) is 77.4 Å². The van der Waals surface area contributed by atoms with Crippen molar-refractivity contribution in [3.63, 3.8) is 0 Å². The van der Waals surface area contributed by atoms with Gasteiger partial charge in [-0.15, -0.1) is 0 Å². The molecule has 1 atom stereocenters. The van der Waals surface area contributed by atoms with Crippen LogP contribution in [0.1, 0.15) is 28.6 Å². The van der Waals surface area contributed by atoms with E-state index in [0.717, 1.165) is 17.5 Å². The number of ether oxygens (including phenoxy) is 1. The van der Waals surface area contributed by atoms with Crippen LogP contribution in [0.25, 0.3) is 0 Å². The van der Waals surface area contributed by atoms with E-state index in [-0.39, 0.29) is 12.2 Å². The zero-order valence-electron chi connectivity index (χ0n) is 17.2. The van der Waals surface area contributed by atoms with E-state index in [0.29, 0.717) is 5.69 Å². The van der Waals surface area contributed by atoms with Crippen molar-refractivity contribution in [1.82, 2.24) is 5.32 Å². The van der Waals surface area contributed by atoms with Gasteiger partial charge in [-0.2, -0.15) is 0 Å². The van der Waals surface area contributed by atoms with Crippen molar-refractivity contribution in [2.24, 2.45) is 0 Å². The van der Waals surface area contributed by atoms with Gasteiger partial charge in [0.2, 0.25) is 0 Å². The van der Waals surface area contributed by atoms with Gasteiger partial charge in [0.05, 0.1) is 6.26 Å². The zero-order valence-corrected chi connectivity index (χ0v) is 17.2. The highest BCUT2D eigenvalue weighted by atomic mass is 16.5. The van der Waals surface area contributed by atoms with Crippen molar-refractivity contribution in [2.75, 3.05) is 11.9 Å². The molecule has 0 radical (unpaired) electrons. The fourth-order valence-electron chi connectivity index (χ4n) is 2.94. The lowest BCUT2D eigenvalue weighted by Gasteiger charge is -2.17. The molecule has 0 aliphatic carbocycles. The van der Waals surface area contributed by atoms with Gasteiger partial charge in [0, 0.05) is 12.1 Å². The predicted molar refractivity (Wildman–Crippen MR) is 116 cm³/mol. The Labute approximate surface area is 180 Å². The molecule has 7 nitrogen and oxygen atoms in total. The van der Waals surface area contributed by atoms with E-state index in [1.54, 1.807) is 18.2 Å². The standard InChI is InChI=1S/C24H24N2O5/c1-2-17-10-12-19(13-11-17)25-22(27)16-31-24(29)20(15-18-7-4-3-5-8-18)26-23(28)21-9-6-14-30-21/h3-14,20H,2,15-16H2,1H3,(H,25,27)(H,26,28)/t20-/m0/s1. The molecule has 2 amide bonds. The normalized spacial score (nSPS) is 11.4. The Hall–Kier alpha value is -3.87. The number of furan rings is 1. The maximum absolute atomic E-state index is 12.6. The number of carbonyl (C=O) groups excluding carboxylic acids is 3. The monoisotopic (exact) mass is 420 g/mol. The molecule has 2 N–H and O–H groups in total. The molecule has 2 aromatic carbocycles. The Morgan fingerprint density at radius 1 is 0.935 bits per heavy atom. The molecular formula is C24H24N2O5. The summed E-state index contributed by atoms with van der Waals surface area (Å²) in [6.45, 7) is 1.58. The van der Waals surface area contributed by atoms with Gasteiger partial charge in [0.15, 0.2) is 12.4 Å². The predicted octanol–water partition coefficient (Wildman–Crippen LogP) is 3.37. The second-order valence-electron chi connectivity index (χ2n) is 6.90. The molecule has 3 aromatic rings. The molecule has 0 spiro atoms. The van der Waals surface area contributed by atoms with Crippen LogP contribution in [-0.4, -0.2) is 30.4 Å². The zero-order chi connectivity index (χ0) is 22.1. The average molecular weight is 420 g/mol. The first kappa shape index (κ1) is 21.8. The smallest absolute Gasteiger partial charge is 0.329 e. The van der Waals surface area contributed by atoms with Crippen LogP contribution in [0.3, 0.4) is 0 Å². The van der Waals surface area contributed by atoms with E-state index < -0.39 is 30.4 Å². The Morgan fingerprint density at radius 3 is 2.32 bits per heavy atom. The summed E-state index contributed by atoms with van der Waals surface area (Å²) in [4.78, 5) is 37.2. The summed E-state index contributed by atoms with van der Waals surface area (Å²) in [6, 6.07) is 18.7. The molecule has 1 aromatic heterocycles. The molecular weight excluding hydrogens is 396 g/mol. The number of benzene rings is 2. The van der Waals surface area contributed by atoms with Gasteiger partial charge in [-0.25, -0.2) is 4.79 Å². The van der Waals surface area contributed by atoms with Crippen LogP contribution in [0.5, 0.6) is 0 Å². The summed E-state index contributed by atoms with van der Waals surface area (Å²) in [5.41, 5.74) is 2.61. The van der Waals surface area contributed by atoms with Gasteiger partial charge < -0.3 is 19.8 Å². The molecule has 1 heterocycles.